The van der Waals surface area contributed by atoms with E-state index < -0.39 is 28.4 Å². The number of rotatable bonds is 4. The van der Waals surface area contributed by atoms with Gasteiger partial charge in [-0.05, 0) is 29.5 Å². The molecule has 1 N–H and O–H groups in total. The Balaban J connectivity index is 1.68. The van der Waals surface area contributed by atoms with Crippen molar-refractivity contribution in [3.63, 3.8) is 0 Å². The van der Waals surface area contributed by atoms with Crippen LogP contribution in [0, 0.1) is 10.1 Å². The molecular weight excluding hydrogens is 410 g/mol. The maximum Gasteiger partial charge on any atom is 0.284 e. The van der Waals surface area contributed by atoms with E-state index in [1.54, 1.807) is 24.3 Å². The number of hydrogen-bond donors (Lipinski definition) is 1. The van der Waals surface area contributed by atoms with Crippen molar-refractivity contribution in [2.24, 2.45) is 5.10 Å². The fourth-order valence-electron chi connectivity index (χ4n) is 2.22. The van der Waals surface area contributed by atoms with Crippen molar-refractivity contribution in [1.82, 2.24) is 5.43 Å². The number of ether oxygens (including phenoxy) is 2. The summed E-state index contributed by atoms with van der Waals surface area (Å²) in [5, 5.41) is 26.5. The van der Waals surface area contributed by atoms with Crippen LogP contribution in [-0.4, -0.2) is 29.8 Å². The molecule has 10 heteroatoms. The van der Waals surface area contributed by atoms with Crippen LogP contribution in [-0.2, 0) is 4.79 Å². The molecule has 0 aliphatic carbocycles. The average molecular weight is 421 g/mol. The van der Waals surface area contributed by atoms with Crippen molar-refractivity contribution in [2.45, 2.75) is 6.10 Å². The minimum absolute atomic E-state index is 0.00747. The first-order valence-electron chi connectivity index (χ1n) is 7.32. The van der Waals surface area contributed by atoms with Crippen LogP contribution in [0.2, 0.25) is 0 Å². The zero-order valence-corrected chi connectivity index (χ0v) is 14.6. The molecule has 0 bridgehead atoms. The molecule has 0 saturated heterocycles. The van der Waals surface area contributed by atoms with E-state index >= 15 is 0 Å². The van der Waals surface area contributed by atoms with Gasteiger partial charge >= 0.3 is 0 Å². The van der Waals surface area contributed by atoms with Crippen molar-refractivity contribution < 1.29 is 24.3 Å². The number of hydrogen-bond acceptors (Lipinski definition) is 7. The Morgan fingerprint density at radius 3 is 2.81 bits per heavy atom. The second-order valence-electron chi connectivity index (χ2n) is 5.20. The highest BCUT2D eigenvalue weighted by molar-refractivity contribution is 9.10. The highest BCUT2D eigenvalue weighted by Crippen LogP contribution is 2.31. The second kappa shape index (κ2) is 7.40. The number of nitrogens with one attached hydrogen (secondary N) is 1. The first kappa shape index (κ1) is 17.7. The monoisotopic (exact) mass is 420 g/mol. The number of para-hydroxylation sites is 2. The fourth-order valence-corrected chi connectivity index (χ4v) is 2.68. The number of nitro groups is 1. The number of amides is 1. The molecule has 1 aliphatic heterocycles. The van der Waals surface area contributed by atoms with E-state index in [2.05, 4.69) is 26.5 Å². The molecule has 2 aromatic rings. The van der Waals surface area contributed by atoms with Crippen LogP contribution in [0.3, 0.4) is 0 Å². The van der Waals surface area contributed by atoms with Crippen LogP contribution in [0.15, 0.2) is 46.0 Å². The summed E-state index contributed by atoms with van der Waals surface area (Å²) in [6.45, 7) is 0.00747. The van der Waals surface area contributed by atoms with Gasteiger partial charge in [-0.15, -0.1) is 0 Å². The van der Waals surface area contributed by atoms with Gasteiger partial charge in [0.2, 0.25) is 6.10 Å². The van der Waals surface area contributed by atoms with Gasteiger partial charge in [0.1, 0.15) is 6.61 Å². The van der Waals surface area contributed by atoms with Gasteiger partial charge in [-0.1, -0.05) is 28.1 Å². The number of nitro benzene ring substituents is 1. The molecule has 2 aromatic carbocycles. The Morgan fingerprint density at radius 2 is 2.08 bits per heavy atom. The first-order valence-corrected chi connectivity index (χ1v) is 8.11. The number of carbonyl (C=O) groups is 1. The third-order valence-corrected chi connectivity index (χ3v) is 3.90. The number of carbonyl (C=O) groups excluding carboxylic acids is 1. The third kappa shape index (κ3) is 3.75. The molecule has 1 heterocycles. The topological polar surface area (TPSA) is 126 Å². The zero-order chi connectivity index (χ0) is 18.7. The van der Waals surface area contributed by atoms with Gasteiger partial charge in [0.15, 0.2) is 11.5 Å². The molecule has 0 fully saturated rings. The van der Waals surface area contributed by atoms with E-state index in [9.17, 15) is 20.0 Å². The standard InChI is InChI=1S/C16H12BrN3O6/c17-10-5-9(15(21)11(6-10)20(23)24)7-18-19-16(22)14-8-25-12-3-1-2-4-13(12)26-14/h1-7,14,21H,8H2,(H,19,22)/p-1/t14-/m1/s1. The molecular formula is C16H11BrN3O6-. The van der Waals surface area contributed by atoms with Gasteiger partial charge in [0.25, 0.3) is 11.6 Å². The number of benzene rings is 2. The normalized spacial score (nSPS) is 15.7. The van der Waals surface area contributed by atoms with Gasteiger partial charge in [-0.25, -0.2) is 5.43 Å². The molecule has 1 atom stereocenters. The van der Waals surface area contributed by atoms with E-state index in [1.165, 1.54) is 6.07 Å². The Kier molecular flexibility index (Phi) is 5.03. The molecule has 1 aliphatic rings. The van der Waals surface area contributed by atoms with Gasteiger partial charge in [-0.3, -0.25) is 14.9 Å². The minimum Gasteiger partial charge on any atom is -0.867 e. The van der Waals surface area contributed by atoms with Crippen molar-refractivity contribution in [3.05, 3.63) is 56.5 Å². The van der Waals surface area contributed by atoms with Gasteiger partial charge < -0.3 is 14.6 Å². The van der Waals surface area contributed by atoms with E-state index in [4.69, 9.17) is 9.47 Å². The van der Waals surface area contributed by atoms with Gasteiger partial charge in [0.05, 0.1) is 11.1 Å². The van der Waals surface area contributed by atoms with Gasteiger partial charge in [-0.2, -0.15) is 5.10 Å². The number of fused-ring (bicyclic) bond motifs is 1. The largest absolute Gasteiger partial charge is 0.867 e. The number of nitrogens with zero attached hydrogens (tertiary/aromatic N) is 2. The summed E-state index contributed by atoms with van der Waals surface area (Å²) in [6, 6.07) is 9.38. The van der Waals surface area contributed by atoms with Crippen LogP contribution < -0.4 is 20.0 Å². The van der Waals surface area contributed by atoms with E-state index in [0.29, 0.717) is 16.0 Å². The third-order valence-electron chi connectivity index (χ3n) is 3.44. The van der Waals surface area contributed by atoms with Crippen LogP contribution in [0.25, 0.3) is 0 Å². The molecule has 0 aromatic heterocycles. The van der Waals surface area contributed by atoms with Crippen LogP contribution in [0.1, 0.15) is 5.56 Å². The summed E-state index contributed by atoms with van der Waals surface area (Å²) in [5.41, 5.74) is 1.59. The first-order chi connectivity index (χ1) is 12.5. The Morgan fingerprint density at radius 1 is 1.35 bits per heavy atom. The summed E-state index contributed by atoms with van der Waals surface area (Å²) in [7, 11) is 0. The van der Waals surface area contributed by atoms with E-state index in [0.717, 1.165) is 12.3 Å². The van der Waals surface area contributed by atoms with E-state index in [1.807, 2.05) is 0 Å². The average Bonchev–Trinajstić information content (AvgIpc) is 2.63. The lowest BCUT2D eigenvalue weighted by Crippen LogP contribution is -2.42. The molecule has 0 radical (unpaired) electrons. The summed E-state index contributed by atoms with van der Waals surface area (Å²) in [4.78, 5) is 22.2. The smallest absolute Gasteiger partial charge is 0.284 e. The van der Waals surface area contributed by atoms with Crippen molar-refractivity contribution in [2.75, 3.05) is 6.61 Å². The quantitative estimate of drug-likeness (QED) is 0.455. The summed E-state index contributed by atoms with van der Waals surface area (Å²) in [5.74, 6) is -0.403. The molecule has 26 heavy (non-hydrogen) atoms. The van der Waals surface area contributed by atoms with Gasteiger partial charge in [0, 0.05) is 10.5 Å². The minimum atomic E-state index is -0.911. The predicted molar refractivity (Wildman–Crippen MR) is 92.3 cm³/mol. The maximum absolute atomic E-state index is 12.1. The maximum atomic E-state index is 12.1. The highest BCUT2D eigenvalue weighted by atomic mass is 79.9. The second-order valence-corrected chi connectivity index (χ2v) is 6.11. The Hall–Kier alpha value is -3.14. The lowest BCUT2D eigenvalue weighted by atomic mass is 10.2. The molecule has 9 nitrogen and oxygen atoms in total. The molecule has 0 spiro atoms. The summed E-state index contributed by atoms with van der Waals surface area (Å²) >= 11 is 3.09. The Bertz CT molecular complexity index is 902. The molecule has 3 rings (SSSR count). The lowest BCUT2D eigenvalue weighted by molar-refractivity contribution is -0.398. The number of halogens is 1. The molecule has 134 valence electrons. The SMILES string of the molecule is O=C(NN=Cc1cc(Br)cc([N+](=O)[O-])c1[O-])[C@H]1COc2ccccc2O1. The number of hydrazone groups is 1. The fraction of sp³-hybridized carbons (Fsp3) is 0.125. The van der Waals surface area contributed by atoms with Crippen molar-refractivity contribution in [1.29, 1.82) is 0 Å². The molecule has 1 amide bonds. The summed E-state index contributed by atoms with van der Waals surface area (Å²) in [6.07, 6.45) is 0.126. The van der Waals surface area contributed by atoms with Crippen molar-refractivity contribution in [3.8, 4) is 17.2 Å². The lowest BCUT2D eigenvalue weighted by Gasteiger charge is -2.24. The predicted octanol–water partition coefficient (Wildman–Crippen LogP) is 1.72. The highest BCUT2D eigenvalue weighted by Gasteiger charge is 2.27. The zero-order valence-electron chi connectivity index (χ0n) is 13.0. The summed E-state index contributed by atoms with van der Waals surface area (Å²) < 4.78 is 11.3. The molecule has 0 saturated carbocycles. The Labute approximate surface area is 155 Å². The van der Waals surface area contributed by atoms with Crippen LogP contribution in [0.4, 0.5) is 5.69 Å². The van der Waals surface area contributed by atoms with Crippen LogP contribution in [0.5, 0.6) is 17.2 Å². The van der Waals surface area contributed by atoms with Crippen LogP contribution >= 0.6 is 15.9 Å². The molecule has 0 unspecified atom stereocenters. The van der Waals surface area contributed by atoms with E-state index in [-0.39, 0.29) is 12.2 Å². The van der Waals surface area contributed by atoms with Crippen molar-refractivity contribution >= 4 is 33.7 Å².